The summed E-state index contributed by atoms with van der Waals surface area (Å²) < 4.78 is 11.2. The lowest BCUT2D eigenvalue weighted by molar-refractivity contribution is -0.0753. The van der Waals surface area contributed by atoms with Gasteiger partial charge in [0, 0.05) is 64.8 Å². The van der Waals surface area contributed by atoms with E-state index in [2.05, 4.69) is 41.0 Å². The highest BCUT2D eigenvalue weighted by molar-refractivity contribution is 5.82. The molecule has 0 radical (unpaired) electrons. The van der Waals surface area contributed by atoms with Crippen LogP contribution in [0.15, 0.2) is 23.1 Å². The van der Waals surface area contributed by atoms with Crippen LogP contribution < -0.4 is 20.7 Å². The van der Waals surface area contributed by atoms with Crippen molar-refractivity contribution >= 4 is 18.0 Å². The van der Waals surface area contributed by atoms with Crippen molar-refractivity contribution in [2.45, 2.75) is 18.0 Å². The number of nitrogens with zero attached hydrogens (tertiary/aromatic N) is 7. The van der Waals surface area contributed by atoms with Crippen molar-refractivity contribution in [1.82, 2.24) is 19.8 Å². The summed E-state index contributed by atoms with van der Waals surface area (Å²) in [5.41, 5.74) is 6.04. The number of allylic oxidation sites excluding steroid dienone is 1. The third-order valence-corrected chi connectivity index (χ3v) is 6.45. The Hall–Kier alpha value is -2.94. The van der Waals surface area contributed by atoms with E-state index in [0.717, 1.165) is 39.4 Å². The molecule has 4 heterocycles. The van der Waals surface area contributed by atoms with Gasteiger partial charge in [-0.2, -0.15) is 10.2 Å². The normalized spacial score (nSPS) is 24.0. The second kappa shape index (κ2) is 9.68. The van der Waals surface area contributed by atoms with Crippen LogP contribution in [-0.2, 0) is 4.74 Å². The van der Waals surface area contributed by atoms with Crippen molar-refractivity contribution in [2.75, 3.05) is 76.9 Å². The molecular weight excluding hydrogens is 410 g/mol. The van der Waals surface area contributed by atoms with Crippen LogP contribution in [0.4, 0.5) is 11.8 Å². The van der Waals surface area contributed by atoms with Crippen LogP contribution in [0, 0.1) is 11.3 Å². The average Bonchev–Trinajstić information content (AvgIpc) is 2.80. The molecule has 0 amide bonds. The topological polar surface area (TPSA) is 128 Å². The first kappa shape index (κ1) is 22.3. The van der Waals surface area contributed by atoms with Gasteiger partial charge in [0.1, 0.15) is 0 Å². The van der Waals surface area contributed by atoms with E-state index in [1.54, 1.807) is 26.6 Å². The summed E-state index contributed by atoms with van der Waals surface area (Å²) in [6.45, 7) is 6.86. The van der Waals surface area contributed by atoms with Crippen molar-refractivity contribution < 1.29 is 9.47 Å². The molecule has 3 fully saturated rings. The number of morpholine rings is 1. The fraction of sp³-hybridized carbons (Fsp3) is 0.619. The third-order valence-electron chi connectivity index (χ3n) is 6.45. The number of aliphatic imine (C=N–C) groups is 1. The molecule has 1 atom stereocenters. The largest absolute Gasteiger partial charge is 0.491 e. The quantitative estimate of drug-likeness (QED) is 0.553. The molecule has 0 aliphatic carbocycles. The molecule has 0 unspecified atom stereocenters. The van der Waals surface area contributed by atoms with Crippen LogP contribution in [0.1, 0.15) is 6.42 Å². The first-order valence-electron chi connectivity index (χ1n) is 10.8. The van der Waals surface area contributed by atoms with Crippen molar-refractivity contribution in [3.63, 3.8) is 0 Å². The summed E-state index contributed by atoms with van der Waals surface area (Å²) in [4.78, 5) is 20.1. The second-order valence-electron chi connectivity index (χ2n) is 8.35. The molecule has 1 aromatic heterocycles. The summed E-state index contributed by atoms with van der Waals surface area (Å²) in [5.74, 6) is 1.69. The Kier molecular flexibility index (Phi) is 6.74. The van der Waals surface area contributed by atoms with Crippen LogP contribution in [0.25, 0.3) is 0 Å². The van der Waals surface area contributed by atoms with Gasteiger partial charge in [0.05, 0.1) is 50.2 Å². The number of nitriles is 1. The number of rotatable bonds is 7. The van der Waals surface area contributed by atoms with Gasteiger partial charge in [0.2, 0.25) is 5.95 Å². The zero-order valence-electron chi connectivity index (χ0n) is 18.7. The molecule has 0 bridgehead atoms. The number of nitrogens with one attached hydrogen (secondary N) is 1. The predicted molar refractivity (Wildman–Crippen MR) is 122 cm³/mol. The number of hydrogen-bond donors (Lipinski definition) is 2. The molecule has 11 nitrogen and oxygen atoms in total. The van der Waals surface area contributed by atoms with E-state index in [0.29, 0.717) is 48.8 Å². The molecule has 0 spiro atoms. The Morgan fingerprint density at radius 3 is 3.03 bits per heavy atom. The summed E-state index contributed by atoms with van der Waals surface area (Å²) in [6.07, 6.45) is 5.13. The number of hydrogen-bond acceptors (Lipinski definition) is 11. The van der Waals surface area contributed by atoms with Gasteiger partial charge < -0.3 is 25.4 Å². The molecule has 0 aromatic carbocycles. The molecule has 0 saturated carbocycles. The van der Waals surface area contributed by atoms with Crippen LogP contribution in [0.5, 0.6) is 5.75 Å². The highest BCUT2D eigenvalue weighted by atomic mass is 16.5. The second-order valence-corrected chi connectivity index (χ2v) is 8.35. The van der Waals surface area contributed by atoms with Crippen LogP contribution in [-0.4, -0.2) is 104 Å². The Bertz CT molecular complexity index is 907. The first-order chi connectivity index (χ1) is 15.6. The lowest BCUT2D eigenvalue weighted by Gasteiger charge is -2.58. The van der Waals surface area contributed by atoms with Gasteiger partial charge >= 0.3 is 0 Å². The maximum absolute atomic E-state index is 9.59. The molecule has 32 heavy (non-hydrogen) atoms. The smallest absolute Gasteiger partial charge is 0.229 e. The van der Waals surface area contributed by atoms with Crippen molar-refractivity contribution in [2.24, 2.45) is 10.7 Å². The van der Waals surface area contributed by atoms with E-state index < -0.39 is 0 Å². The number of ether oxygens (including phenoxy) is 2. The molecule has 11 heteroatoms. The maximum atomic E-state index is 9.59. The lowest BCUT2D eigenvalue weighted by atomic mass is 9.83. The number of nitrogens with two attached hydrogens (primary N) is 1. The third kappa shape index (κ3) is 4.34. The number of fused-ring (bicyclic) bond motifs is 1. The van der Waals surface area contributed by atoms with Gasteiger partial charge in [0.15, 0.2) is 11.6 Å². The van der Waals surface area contributed by atoms with Crippen molar-refractivity contribution in [3.8, 4) is 11.8 Å². The van der Waals surface area contributed by atoms with Crippen molar-refractivity contribution in [1.29, 1.82) is 5.26 Å². The maximum Gasteiger partial charge on any atom is 0.229 e. The summed E-state index contributed by atoms with van der Waals surface area (Å²) in [7, 11) is 3.27. The van der Waals surface area contributed by atoms with E-state index in [1.165, 1.54) is 6.20 Å². The number of anilines is 2. The van der Waals surface area contributed by atoms with Gasteiger partial charge in [-0.25, -0.2) is 4.98 Å². The molecular formula is C21H31N9O2. The van der Waals surface area contributed by atoms with Gasteiger partial charge in [-0.15, -0.1) is 0 Å². The standard InChI is InChI=1S/C21H31N9O2/c1-24-10-16(9-23)26-20-25-11-18(31-2)19(27-20)29-14-21(15-29,3-4-22)30-6-5-28-7-8-32-13-17(28)12-30/h9-11,17H,3,5-8,12-15,23H2,1-2H3,(H,25,26,27)/b16-9+,24-10?/t17-/m1/s1. The number of aromatic nitrogens is 2. The van der Waals surface area contributed by atoms with Crippen molar-refractivity contribution in [3.05, 3.63) is 18.1 Å². The average molecular weight is 442 g/mol. The Morgan fingerprint density at radius 1 is 1.47 bits per heavy atom. The molecule has 3 aliphatic rings. The van der Waals surface area contributed by atoms with Crippen LogP contribution in [0.3, 0.4) is 0 Å². The summed E-state index contributed by atoms with van der Waals surface area (Å²) in [6, 6.07) is 2.81. The minimum atomic E-state index is -0.195. The van der Waals surface area contributed by atoms with Gasteiger partial charge in [-0.3, -0.25) is 14.8 Å². The zero-order chi connectivity index (χ0) is 22.6. The number of piperazine rings is 1. The fourth-order valence-corrected chi connectivity index (χ4v) is 4.74. The van der Waals surface area contributed by atoms with E-state index in [4.69, 9.17) is 15.2 Å². The molecule has 3 aliphatic heterocycles. The molecule has 172 valence electrons. The fourth-order valence-electron chi connectivity index (χ4n) is 4.74. The van der Waals surface area contributed by atoms with Gasteiger partial charge in [0.25, 0.3) is 0 Å². The van der Waals surface area contributed by atoms with E-state index in [1.807, 2.05) is 0 Å². The Morgan fingerprint density at radius 2 is 2.31 bits per heavy atom. The summed E-state index contributed by atoms with van der Waals surface area (Å²) >= 11 is 0. The SMILES string of the molecule is CN=C/C(=C\N)Nc1ncc(OC)c(N2CC(CC#N)(N3CCN4CCOC[C@H]4C3)C2)n1. The van der Waals surface area contributed by atoms with Gasteiger partial charge in [-0.05, 0) is 0 Å². The minimum absolute atomic E-state index is 0.195. The van der Waals surface area contributed by atoms with E-state index >= 15 is 0 Å². The summed E-state index contributed by atoms with van der Waals surface area (Å²) in [5, 5.41) is 12.7. The minimum Gasteiger partial charge on any atom is -0.491 e. The zero-order valence-corrected chi connectivity index (χ0v) is 18.7. The van der Waals surface area contributed by atoms with Crippen LogP contribution >= 0.6 is 0 Å². The Balaban J connectivity index is 1.50. The molecule has 1 aromatic rings. The van der Waals surface area contributed by atoms with E-state index in [-0.39, 0.29) is 5.54 Å². The highest BCUT2D eigenvalue weighted by Gasteiger charge is 2.50. The highest BCUT2D eigenvalue weighted by Crippen LogP contribution is 2.39. The predicted octanol–water partition coefficient (Wildman–Crippen LogP) is -0.113. The lowest BCUT2D eigenvalue weighted by Crippen LogP contribution is -2.74. The molecule has 3 saturated heterocycles. The van der Waals surface area contributed by atoms with Gasteiger partial charge in [-0.1, -0.05) is 0 Å². The Labute approximate surface area is 188 Å². The number of methoxy groups -OCH3 is 1. The molecule has 4 rings (SSSR count). The van der Waals surface area contributed by atoms with E-state index in [9.17, 15) is 5.26 Å². The monoisotopic (exact) mass is 441 g/mol. The van der Waals surface area contributed by atoms with Crippen LogP contribution in [0.2, 0.25) is 0 Å². The first-order valence-corrected chi connectivity index (χ1v) is 10.8. The molecule has 3 N–H and O–H groups in total.